The van der Waals surface area contributed by atoms with Crippen molar-refractivity contribution in [2.24, 2.45) is 0 Å². The molecule has 0 unspecified atom stereocenters. The molecule has 0 aliphatic carbocycles. The number of rotatable bonds is 5. The van der Waals surface area contributed by atoms with Crippen LogP contribution in [0.25, 0.3) is 10.8 Å². The Labute approximate surface area is 141 Å². The molecule has 3 aromatic rings. The Bertz CT molecular complexity index is 784. The number of benzene rings is 3. The van der Waals surface area contributed by atoms with Crippen LogP contribution >= 0.6 is 12.2 Å². The monoisotopic (exact) mass is 322 g/mol. The smallest absolute Gasteiger partial charge is 0.170 e. The number of anilines is 1. The van der Waals surface area contributed by atoms with E-state index in [0.29, 0.717) is 18.3 Å². The molecule has 0 aliphatic heterocycles. The zero-order chi connectivity index (χ0) is 15.9. The number of hydrogen-bond acceptors (Lipinski definition) is 2. The molecule has 0 aliphatic rings. The molecular formula is C19H18N2OS. The summed E-state index contributed by atoms with van der Waals surface area (Å²) in [4.78, 5) is 0. The lowest BCUT2D eigenvalue weighted by molar-refractivity contribution is 0.326. The van der Waals surface area contributed by atoms with Gasteiger partial charge in [-0.3, -0.25) is 0 Å². The Morgan fingerprint density at radius 1 is 0.870 bits per heavy atom. The fraction of sp³-hybridized carbons (Fsp3) is 0.105. The van der Waals surface area contributed by atoms with E-state index in [-0.39, 0.29) is 0 Å². The van der Waals surface area contributed by atoms with Crippen LogP contribution in [0.4, 0.5) is 5.69 Å². The molecule has 0 saturated carbocycles. The zero-order valence-electron chi connectivity index (χ0n) is 12.7. The summed E-state index contributed by atoms with van der Waals surface area (Å²) in [6.07, 6.45) is 0. The quantitative estimate of drug-likeness (QED) is 0.545. The summed E-state index contributed by atoms with van der Waals surface area (Å²) < 4.78 is 5.87. The highest BCUT2D eigenvalue weighted by Gasteiger charge is 2.01. The summed E-state index contributed by atoms with van der Waals surface area (Å²) >= 11 is 5.27. The number of ether oxygens (including phenoxy) is 1. The van der Waals surface area contributed by atoms with Gasteiger partial charge in [0.2, 0.25) is 0 Å². The number of fused-ring (bicyclic) bond motifs is 1. The minimum absolute atomic E-state index is 0.546. The second kappa shape index (κ2) is 7.61. The predicted octanol–water partition coefficient (Wildman–Crippen LogP) is 4.21. The normalized spacial score (nSPS) is 10.3. The summed E-state index contributed by atoms with van der Waals surface area (Å²) in [6, 6.07) is 24.1. The largest absolute Gasteiger partial charge is 0.491 e. The first-order valence-electron chi connectivity index (χ1n) is 7.53. The van der Waals surface area contributed by atoms with Gasteiger partial charge in [0.05, 0.1) is 6.54 Å². The van der Waals surface area contributed by atoms with Crippen molar-refractivity contribution < 1.29 is 4.74 Å². The third kappa shape index (κ3) is 4.20. The molecule has 3 rings (SSSR count). The lowest BCUT2D eigenvalue weighted by Crippen LogP contribution is -2.31. The van der Waals surface area contributed by atoms with Gasteiger partial charge in [-0.05, 0) is 35.8 Å². The number of hydrogen-bond donors (Lipinski definition) is 2. The molecule has 0 saturated heterocycles. The van der Waals surface area contributed by atoms with Crippen LogP contribution in [0, 0.1) is 0 Å². The van der Waals surface area contributed by atoms with Crippen molar-refractivity contribution in [3.05, 3.63) is 72.8 Å². The lowest BCUT2D eigenvalue weighted by atomic mass is 10.1. The van der Waals surface area contributed by atoms with Gasteiger partial charge in [-0.15, -0.1) is 0 Å². The maximum absolute atomic E-state index is 5.87. The molecule has 0 aromatic heterocycles. The average Bonchev–Trinajstić information content (AvgIpc) is 2.60. The van der Waals surface area contributed by atoms with Crippen LogP contribution in [-0.2, 0) is 0 Å². The Kier molecular flexibility index (Phi) is 5.06. The van der Waals surface area contributed by atoms with Gasteiger partial charge in [-0.1, -0.05) is 54.6 Å². The van der Waals surface area contributed by atoms with E-state index in [1.807, 2.05) is 54.6 Å². The molecule has 2 N–H and O–H groups in total. The highest BCUT2D eigenvalue weighted by molar-refractivity contribution is 7.80. The van der Waals surface area contributed by atoms with E-state index < -0.39 is 0 Å². The number of nitrogens with one attached hydrogen (secondary N) is 2. The summed E-state index contributed by atoms with van der Waals surface area (Å²) in [5, 5.41) is 9.18. The van der Waals surface area contributed by atoms with Crippen LogP contribution in [0.3, 0.4) is 0 Å². The van der Waals surface area contributed by atoms with E-state index in [9.17, 15) is 0 Å². The molecule has 3 nitrogen and oxygen atoms in total. The van der Waals surface area contributed by atoms with Gasteiger partial charge in [0.15, 0.2) is 5.11 Å². The van der Waals surface area contributed by atoms with E-state index in [1.54, 1.807) is 0 Å². The van der Waals surface area contributed by atoms with Crippen LogP contribution in [0.5, 0.6) is 5.75 Å². The highest BCUT2D eigenvalue weighted by atomic mass is 32.1. The van der Waals surface area contributed by atoms with Crippen LogP contribution in [0.1, 0.15) is 0 Å². The van der Waals surface area contributed by atoms with Crippen molar-refractivity contribution in [3.8, 4) is 5.75 Å². The van der Waals surface area contributed by atoms with Crippen LogP contribution < -0.4 is 15.4 Å². The fourth-order valence-corrected chi connectivity index (χ4v) is 2.56. The minimum Gasteiger partial charge on any atom is -0.491 e. The van der Waals surface area contributed by atoms with Gasteiger partial charge in [0.1, 0.15) is 12.4 Å². The predicted molar refractivity (Wildman–Crippen MR) is 100 cm³/mol. The minimum atomic E-state index is 0.546. The number of para-hydroxylation sites is 1. The molecule has 0 heterocycles. The summed E-state index contributed by atoms with van der Waals surface area (Å²) in [5.41, 5.74) is 0.972. The molecular weight excluding hydrogens is 304 g/mol. The van der Waals surface area contributed by atoms with Crippen molar-refractivity contribution in [1.29, 1.82) is 0 Å². The maximum Gasteiger partial charge on any atom is 0.170 e. The Morgan fingerprint density at radius 3 is 2.48 bits per heavy atom. The molecule has 23 heavy (non-hydrogen) atoms. The van der Waals surface area contributed by atoms with Gasteiger partial charge >= 0.3 is 0 Å². The average molecular weight is 322 g/mol. The van der Waals surface area contributed by atoms with Gasteiger partial charge in [-0.2, -0.15) is 0 Å². The van der Waals surface area contributed by atoms with Gasteiger partial charge < -0.3 is 15.4 Å². The summed E-state index contributed by atoms with van der Waals surface area (Å²) in [5.74, 6) is 0.895. The SMILES string of the molecule is S=C(NCCOc1cccc2ccccc12)Nc1ccccc1. The van der Waals surface area contributed by atoms with E-state index in [4.69, 9.17) is 17.0 Å². The standard InChI is InChI=1S/C19H18N2OS/c23-19(21-16-9-2-1-3-10-16)20-13-14-22-18-12-6-8-15-7-4-5-11-17(15)18/h1-12H,13-14H2,(H2,20,21,23). The first-order valence-corrected chi connectivity index (χ1v) is 7.94. The number of thiocarbonyl (C=S) groups is 1. The topological polar surface area (TPSA) is 33.3 Å². The van der Waals surface area contributed by atoms with E-state index in [1.165, 1.54) is 5.39 Å². The van der Waals surface area contributed by atoms with Crippen molar-refractivity contribution in [2.45, 2.75) is 0 Å². The third-order valence-corrected chi connectivity index (χ3v) is 3.67. The first kappa shape index (κ1) is 15.3. The molecule has 0 bridgehead atoms. The molecule has 0 atom stereocenters. The van der Waals surface area contributed by atoms with E-state index >= 15 is 0 Å². The molecule has 116 valence electrons. The zero-order valence-corrected chi connectivity index (χ0v) is 13.5. The van der Waals surface area contributed by atoms with Crippen LogP contribution in [0.2, 0.25) is 0 Å². The molecule has 3 aromatic carbocycles. The molecule has 0 radical (unpaired) electrons. The van der Waals surface area contributed by atoms with Crippen molar-refractivity contribution in [2.75, 3.05) is 18.5 Å². The fourth-order valence-electron chi connectivity index (χ4n) is 2.34. The van der Waals surface area contributed by atoms with Crippen molar-refractivity contribution >= 4 is 33.8 Å². The highest BCUT2D eigenvalue weighted by Crippen LogP contribution is 2.24. The van der Waals surface area contributed by atoms with Gasteiger partial charge in [-0.25, -0.2) is 0 Å². The Balaban J connectivity index is 1.49. The Morgan fingerprint density at radius 2 is 1.61 bits per heavy atom. The molecule has 0 amide bonds. The van der Waals surface area contributed by atoms with E-state index in [0.717, 1.165) is 16.8 Å². The molecule has 0 fully saturated rings. The summed E-state index contributed by atoms with van der Waals surface area (Å²) in [7, 11) is 0. The van der Waals surface area contributed by atoms with Gasteiger partial charge in [0.25, 0.3) is 0 Å². The van der Waals surface area contributed by atoms with E-state index in [2.05, 4.69) is 28.8 Å². The lowest BCUT2D eigenvalue weighted by Gasteiger charge is -2.12. The maximum atomic E-state index is 5.87. The summed E-state index contributed by atoms with van der Waals surface area (Å²) in [6.45, 7) is 1.19. The van der Waals surface area contributed by atoms with Crippen LogP contribution in [-0.4, -0.2) is 18.3 Å². The van der Waals surface area contributed by atoms with Gasteiger partial charge in [0, 0.05) is 11.1 Å². The second-order valence-corrected chi connectivity index (χ2v) is 5.48. The third-order valence-electron chi connectivity index (χ3n) is 3.43. The first-order chi connectivity index (χ1) is 11.3. The van der Waals surface area contributed by atoms with Crippen molar-refractivity contribution in [3.63, 3.8) is 0 Å². The van der Waals surface area contributed by atoms with Crippen molar-refractivity contribution in [1.82, 2.24) is 5.32 Å². The second-order valence-electron chi connectivity index (χ2n) is 5.07. The van der Waals surface area contributed by atoms with Crippen LogP contribution in [0.15, 0.2) is 72.8 Å². The molecule has 4 heteroatoms. The Hall–Kier alpha value is -2.59. The molecule has 0 spiro atoms.